The first-order valence-corrected chi connectivity index (χ1v) is 6.73. The average molecular weight is 225 g/mol. The van der Waals surface area contributed by atoms with Crippen molar-refractivity contribution in [1.29, 1.82) is 0 Å². The summed E-state index contributed by atoms with van der Waals surface area (Å²) in [6.45, 7) is 11.5. The minimum atomic E-state index is 0.101. The molecule has 0 aliphatic carbocycles. The van der Waals surface area contributed by atoms with Gasteiger partial charge in [0.1, 0.15) is 0 Å². The monoisotopic (exact) mass is 225 g/mol. The smallest absolute Gasteiger partial charge is 0.0706 e. The molecular weight excluding hydrogens is 202 g/mol. The van der Waals surface area contributed by atoms with Gasteiger partial charge in [0.2, 0.25) is 0 Å². The van der Waals surface area contributed by atoms with Crippen LogP contribution in [-0.4, -0.2) is 23.8 Å². The maximum absolute atomic E-state index is 4.39. The molecule has 0 aliphatic rings. The molecule has 0 saturated carbocycles. The first kappa shape index (κ1) is 14.6. The van der Waals surface area contributed by atoms with E-state index in [4.69, 9.17) is 0 Å². The van der Waals surface area contributed by atoms with E-state index in [1.165, 1.54) is 5.71 Å². The van der Waals surface area contributed by atoms with E-state index >= 15 is 0 Å². The van der Waals surface area contributed by atoms with Gasteiger partial charge in [-0.3, -0.25) is 4.99 Å². The van der Waals surface area contributed by atoms with Gasteiger partial charge in [-0.1, -0.05) is 11.8 Å². The van der Waals surface area contributed by atoms with Crippen LogP contribution in [0.1, 0.15) is 41.0 Å². The van der Waals surface area contributed by atoms with Gasteiger partial charge in [0.05, 0.1) is 5.25 Å². The highest BCUT2D eigenvalue weighted by atomic mass is 32.2. The number of hydrogen-bond acceptors (Lipinski definition) is 2. The Morgan fingerprint density at radius 3 is 2.40 bits per heavy atom. The second-order valence-electron chi connectivity index (χ2n) is 4.66. The van der Waals surface area contributed by atoms with E-state index < -0.39 is 0 Å². The predicted molar refractivity (Wildman–Crippen MR) is 72.8 cm³/mol. The van der Waals surface area contributed by atoms with Crippen molar-refractivity contribution in [1.82, 2.24) is 0 Å². The zero-order valence-corrected chi connectivity index (χ0v) is 11.7. The third-order valence-corrected chi connectivity index (χ3v) is 2.66. The summed E-state index contributed by atoms with van der Waals surface area (Å²) in [6.07, 6.45) is 3.10. The summed E-state index contributed by atoms with van der Waals surface area (Å²) in [6, 6.07) is 0. The molecule has 0 radical (unpaired) electrons. The minimum Gasteiger partial charge on any atom is -0.295 e. The van der Waals surface area contributed by atoms with Gasteiger partial charge in [0, 0.05) is 24.1 Å². The van der Waals surface area contributed by atoms with Gasteiger partial charge in [-0.25, -0.2) is 0 Å². The molecule has 2 heteroatoms. The fraction of sp³-hybridized carbons (Fsp3) is 0.769. The van der Waals surface area contributed by atoms with Crippen LogP contribution in [0.15, 0.2) is 4.99 Å². The zero-order valence-electron chi connectivity index (χ0n) is 10.8. The summed E-state index contributed by atoms with van der Waals surface area (Å²) < 4.78 is 0. The van der Waals surface area contributed by atoms with Crippen LogP contribution < -0.4 is 0 Å². The van der Waals surface area contributed by atoms with Crippen molar-refractivity contribution >= 4 is 17.5 Å². The standard InChI is InChI=1S/C13H23NS/c1-7-14-11(2)10-12(15-6)8-9-13(3,4)5/h12H,7,10H2,1-6H3. The van der Waals surface area contributed by atoms with Crippen molar-refractivity contribution < 1.29 is 0 Å². The molecular formula is C13H23NS. The third kappa shape index (κ3) is 8.57. The van der Waals surface area contributed by atoms with Crippen LogP contribution >= 0.6 is 11.8 Å². The van der Waals surface area contributed by atoms with Crippen molar-refractivity contribution in [2.45, 2.75) is 46.3 Å². The number of hydrogen-bond donors (Lipinski definition) is 0. The summed E-state index contributed by atoms with van der Waals surface area (Å²) >= 11 is 1.81. The summed E-state index contributed by atoms with van der Waals surface area (Å²) in [7, 11) is 0. The summed E-state index contributed by atoms with van der Waals surface area (Å²) in [5, 5.41) is 0.388. The van der Waals surface area contributed by atoms with Crippen LogP contribution in [0.2, 0.25) is 0 Å². The molecule has 0 aromatic rings. The van der Waals surface area contributed by atoms with Crippen LogP contribution in [0.3, 0.4) is 0 Å². The summed E-state index contributed by atoms with van der Waals surface area (Å²) in [4.78, 5) is 4.39. The van der Waals surface area contributed by atoms with Crippen LogP contribution in [0.25, 0.3) is 0 Å². The largest absolute Gasteiger partial charge is 0.295 e. The fourth-order valence-electron chi connectivity index (χ4n) is 1.09. The molecule has 0 bridgehead atoms. The van der Waals surface area contributed by atoms with Gasteiger partial charge in [-0.05, 0) is 40.9 Å². The lowest BCUT2D eigenvalue weighted by molar-refractivity contribution is 0.570. The molecule has 0 aromatic heterocycles. The molecule has 0 N–H and O–H groups in total. The van der Waals surface area contributed by atoms with Crippen molar-refractivity contribution in [2.75, 3.05) is 12.8 Å². The second-order valence-corrected chi connectivity index (χ2v) is 5.70. The Bertz CT molecular complexity index is 262. The van der Waals surface area contributed by atoms with E-state index in [0.717, 1.165) is 13.0 Å². The molecule has 0 rings (SSSR count). The first-order valence-electron chi connectivity index (χ1n) is 5.44. The molecule has 0 amide bonds. The first-order chi connectivity index (χ1) is 6.89. The lowest BCUT2D eigenvalue weighted by Gasteiger charge is -2.10. The Kier molecular flexibility index (Phi) is 6.76. The number of nitrogens with zero attached hydrogens (tertiary/aromatic N) is 1. The van der Waals surface area contributed by atoms with E-state index in [1.54, 1.807) is 0 Å². The van der Waals surface area contributed by atoms with Gasteiger partial charge in [0.15, 0.2) is 0 Å². The van der Waals surface area contributed by atoms with Gasteiger partial charge in [0.25, 0.3) is 0 Å². The average Bonchev–Trinajstić information content (AvgIpc) is 2.11. The van der Waals surface area contributed by atoms with Crippen LogP contribution in [0.5, 0.6) is 0 Å². The molecule has 0 saturated heterocycles. The number of aliphatic imine (C=N–C) groups is 1. The normalized spacial score (nSPS) is 14.4. The van der Waals surface area contributed by atoms with E-state index in [2.05, 4.69) is 57.7 Å². The van der Waals surface area contributed by atoms with Crippen LogP contribution in [0.4, 0.5) is 0 Å². The molecule has 0 aromatic carbocycles. The Hall–Kier alpha value is -0.420. The van der Waals surface area contributed by atoms with Crippen molar-refractivity contribution in [2.24, 2.45) is 10.4 Å². The molecule has 0 heterocycles. The topological polar surface area (TPSA) is 12.4 Å². The maximum atomic E-state index is 4.39. The van der Waals surface area contributed by atoms with E-state index in [1.807, 2.05) is 11.8 Å². The highest BCUT2D eigenvalue weighted by molar-refractivity contribution is 7.99. The van der Waals surface area contributed by atoms with E-state index in [-0.39, 0.29) is 5.41 Å². The van der Waals surface area contributed by atoms with Gasteiger partial charge < -0.3 is 0 Å². The van der Waals surface area contributed by atoms with Gasteiger partial charge in [-0.15, -0.1) is 11.8 Å². The van der Waals surface area contributed by atoms with Crippen molar-refractivity contribution in [3.8, 4) is 11.8 Å². The Labute approximate surface area is 99.1 Å². The van der Waals surface area contributed by atoms with Crippen LogP contribution in [0, 0.1) is 17.3 Å². The Morgan fingerprint density at radius 2 is 2.00 bits per heavy atom. The molecule has 0 aliphatic heterocycles. The fourth-order valence-corrected chi connectivity index (χ4v) is 1.68. The molecule has 1 unspecified atom stereocenters. The van der Waals surface area contributed by atoms with Gasteiger partial charge in [-0.2, -0.15) is 0 Å². The molecule has 15 heavy (non-hydrogen) atoms. The highest BCUT2D eigenvalue weighted by Gasteiger charge is 2.08. The third-order valence-electron chi connectivity index (χ3n) is 1.80. The molecule has 86 valence electrons. The minimum absolute atomic E-state index is 0.101. The lowest BCUT2D eigenvalue weighted by atomic mass is 9.97. The number of thioether (sulfide) groups is 1. The summed E-state index contributed by atoms with van der Waals surface area (Å²) in [5.41, 5.74) is 1.31. The Balaban J connectivity index is 4.37. The quantitative estimate of drug-likeness (QED) is 0.525. The SMILES string of the molecule is CCN=C(C)CC(C#CC(C)(C)C)SC. The summed E-state index contributed by atoms with van der Waals surface area (Å²) in [5.74, 6) is 6.63. The second kappa shape index (κ2) is 6.95. The highest BCUT2D eigenvalue weighted by Crippen LogP contribution is 2.14. The van der Waals surface area contributed by atoms with Crippen molar-refractivity contribution in [3.05, 3.63) is 0 Å². The van der Waals surface area contributed by atoms with E-state index in [9.17, 15) is 0 Å². The lowest BCUT2D eigenvalue weighted by Crippen LogP contribution is -2.08. The van der Waals surface area contributed by atoms with E-state index in [0.29, 0.717) is 5.25 Å². The molecule has 1 nitrogen and oxygen atoms in total. The predicted octanol–water partition coefficient (Wildman–Crippen LogP) is 3.64. The zero-order chi connectivity index (χ0) is 11.9. The van der Waals surface area contributed by atoms with Gasteiger partial charge >= 0.3 is 0 Å². The molecule has 1 atom stereocenters. The molecule has 0 spiro atoms. The Morgan fingerprint density at radius 1 is 1.40 bits per heavy atom. The maximum Gasteiger partial charge on any atom is 0.0706 e. The van der Waals surface area contributed by atoms with Crippen molar-refractivity contribution in [3.63, 3.8) is 0 Å². The number of rotatable bonds is 4. The molecule has 0 fully saturated rings. The van der Waals surface area contributed by atoms with Crippen LogP contribution in [-0.2, 0) is 0 Å².